The highest BCUT2D eigenvalue weighted by Crippen LogP contribution is 2.28. The van der Waals surface area contributed by atoms with Gasteiger partial charge in [0, 0.05) is 44.5 Å². The number of nitrogens with zero attached hydrogens (tertiary/aromatic N) is 4. The number of aliphatic hydroxyl groups is 1. The Hall–Kier alpha value is -3.23. The van der Waals surface area contributed by atoms with Gasteiger partial charge in [-0.3, -0.25) is 9.69 Å². The first-order valence-corrected chi connectivity index (χ1v) is 10.2. The van der Waals surface area contributed by atoms with E-state index in [4.69, 9.17) is 9.84 Å². The van der Waals surface area contributed by atoms with Crippen molar-refractivity contribution in [2.75, 3.05) is 46.4 Å². The molecular formula is C23H25FN4O3. The van der Waals surface area contributed by atoms with Gasteiger partial charge in [-0.05, 0) is 36.4 Å². The smallest absolute Gasteiger partial charge is 0.257 e. The van der Waals surface area contributed by atoms with Crippen LogP contribution in [-0.4, -0.2) is 77.0 Å². The third-order valence-corrected chi connectivity index (χ3v) is 5.45. The summed E-state index contributed by atoms with van der Waals surface area (Å²) < 4.78 is 20.3. The number of amides is 1. The molecule has 2 aromatic carbocycles. The standard InChI is InChI=1S/C23H25FN4O3/c1-31-20-4-2-3-17(15-20)22-21(16-28(25-22)19-7-5-18(24)6-8-19)23(30)27-11-9-26(10-12-27)13-14-29/h2-8,15-16,29H,9-14H2,1H3. The molecule has 0 radical (unpaired) electrons. The molecule has 31 heavy (non-hydrogen) atoms. The lowest BCUT2D eigenvalue weighted by molar-refractivity contribution is 0.0615. The molecule has 1 fully saturated rings. The number of halogens is 1. The molecule has 162 valence electrons. The van der Waals surface area contributed by atoms with Gasteiger partial charge in [-0.2, -0.15) is 5.10 Å². The molecule has 3 aromatic rings. The van der Waals surface area contributed by atoms with Crippen LogP contribution in [0.3, 0.4) is 0 Å². The van der Waals surface area contributed by atoms with Crippen molar-refractivity contribution in [3.05, 3.63) is 66.1 Å². The lowest BCUT2D eigenvalue weighted by atomic mass is 10.1. The average molecular weight is 424 g/mol. The fourth-order valence-corrected chi connectivity index (χ4v) is 3.73. The zero-order valence-electron chi connectivity index (χ0n) is 17.4. The molecule has 7 nitrogen and oxygen atoms in total. The summed E-state index contributed by atoms with van der Waals surface area (Å²) in [6.45, 7) is 3.31. The number of hydrogen-bond donors (Lipinski definition) is 1. The number of piperazine rings is 1. The maximum atomic E-state index is 13.4. The highest BCUT2D eigenvalue weighted by Gasteiger charge is 2.26. The van der Waals surface area contributed by atoms with Crippen LogP contribution in [0.5, 0.6) is 5.75 Å². The van der Waals surface area contributed by atoms with E-state index in [1.807, 2.05) is 29.2 Å². The Bertz CT molecular complexity index is 1040. The van der Waals surface area contributed by atoms with Crippen LogP contribution in [-0.2, 0) is 0 Å². The normalized spacial score (nSPS) is 14.6. The first kappa shape index (κ1) is 21.0. The molecule has 0 spiro atoms. The minimum absolute atomic E-state index is 0.102. The van der Waals surface area contributed by atoms with E-state index >= 15 is 0 Å². The lowest BCUT2D eigenvalue weighted by Crippen LogP contribution is -2.49. The predicted octanol–water partition coefficient (Wildman–Crippen LogP) is 2.44. The summed E-state index contributed by atoms with van der Waals surface area (Å²) in [5, 5.41) is 13.8. The minimum Gasteiger partial charge on any atom is -0.497 e. The monoisotopic (exact) mass is 424 g/mol. The van der Waals surface area contributed by atoms with E-state index in [-0.39, 0.29) is 18.3 Å². The maximum absolute atomic E-state index is 13.4. The van der Waals surface area contributed by atoms with Crippen molar-refractivity contribution in [3.8, 4) is 22.7 Å². The molecule has 0 saturated carbocycles. The number of hydrogen-bond acceptors (Lipinski definition) is 5. The molecular weight excluding hydrogens is 399 g/mol. The van der Waals surface area contributed by atoms with Crippen molar-refractivity contribution in [3.63, 3.8) is 0 Å². The van der Waals surface area contributed by atoms with Gasteiger partial charge in [-0.15, -0.1) is 0 Å². The van der Waals surface area contributed by atoms with Crippen LogP contribution in [0.15, 0.2) is 54.7 Å². The van der Waals surface area contributed by atoms with Crippen molar-refractivity contribution in [2.24, 2.45) is 0 Å². The molecule has 0 bridgehead atoms. The van der Waals surface area contributed by atoms with Crippen LogP contribution >= 0.6 is 0 Å². The summed E-state index contributed by atoms with van der Waals surface area (Å²) in [6, 6.07) is 13.4. The summed E-state index contributed by atoms with van der Waals surface area (Å²) in [5.41, 5.74) is 2.46. The van der Waals surface area contributed by atoms with E-state index in [1.165, 1.54) is 12.1 Å². The Kier molecular flexibility index (Phi) is 6.29. The zero-order chi connectivity index (χ0) is 21.8. The molecule has 1 saturated heterocycles. The first-order chi connectivity index (χ1) is 15.1. The maximum Gasteiger partial charge on any atom is 0.257 e. The van der Waals surface area contributed by atoms with Gasteiger partial charge in [-0.1, -0.05) is 12.1 Å². The summed E-state index contributed by atoms with van der Waals surface area (Å²) in [7, 11) is 1.59. The molecule has 1 aliphatic heterocycles. The number of carbonyl (C=O) groups is 1. The van der Waals surface area contributed by atoms with Gasteiger partial charge in [0.25, 0.3) is 5.91 Å². The summed E-state index contributed by atoms with van der Waals surface area (Å²) >= 11 is 0. The number of aliphatic hydroxyl groups excluding tert-OH is 1. The molecule has 4 rings (SSSR count). The number of methoxy groups -OCH3 is 1. The second kappa shape index (κ2) is 9.28. The van der Waals surface area contributed by atoms with Crippen molar-refractivity contribution >= 4 is 5.91 Å². The Morgan fingerprint density at radius 3 is 2.55 bits per heavy atom. The molecule has 2 heterocycles. The molecule has 1 aliphatic rings. The van der Waals surface area contributed by atoms with Crippen molar-refractivity contribution < 1.29 is 19.0 Å². The summed E-state index contributed by atoms with van der Waals surface area (Å²) in [6.07, 6.45) is 1.70. The zero-order valence-corrected chi connectivity index (χ0v) is 17.4. The molecule has 0 aliphatic carbocycles. The topological polar surface area (TPSA) is 70.8 Å². The van der Waals surface area contributed by atoms with E-state index < -0.39 is 0 Å². The number of rotatable bonds is 6. The molecule has 1 aromatic heterocycles. The molecule has 8 heteroatoms. The highest BCUT2D eigenvalue weighted by molar-refractivity contribution is 6.00. The van der Waals surface area contributed by atoms with Gasteiger partial charge < -0.3 is 14.7 Å². The van der Waals surface area contributed by atoms with Crippen molar-refractivity contribution in [1.29, 1.82) is 0 Å². The van der Waals surface area contributed by atoms with Gasteiger partial charge in [0.15, 0.2) is 0 Å². The number of ether oxygens (including phenoxy) is 1. The Labute approximate surface area is 180 Å². The highest BCUT2D eigenvalue weighted by atomic mass is 19.1. The number of aromatic nitrogens is 2. The van der Waals surface area contributed by atoms with Crippen LogP contribution in [0, 0.1) is 5.82 Å². The van der Waals surface area contributed by atoms with Gasteiger partial charge in [-0.25, -0.2) is 9.07 Å². The summed E-state index contributed by atoms with van der Waals surface area (Å²) in [5.74, 6) is 0.237. The summed E-state index contributed by atoms with van der Waals surface area (Å²) in [4.78, 5) is 17.4. The third kappa shape index (κ3) is 4.60. The quantitative estimate of drug-likeness (QED) is 0.658. The number of carbonyl (C=O) groups excluding carboxylic acids is 1. The number of benzene rings is 2. The van der Waals surface area contributed by atoms with Crippen LogP contribution in [0.25, 0.3) is 16.9 Å². The lowest BCUT2D eigenvalue weighted by Gasteiger charge is -2.34. The van der Waals surface area contributed by atoms with E-state index in [1.54, 1.807) is 30.1 Å². The molecule has 0 unspecified atom stereocenters. The Morgan fingerprint density at radius 1 is 1.13 bits per heavy atom. The fourth-order valence-electron chi connectivity index (χ4n) is 3.73. The van der Waals surface area contributed by atoms with Crippen LogP contribution in [0.4, 0.5) is 4.39 Å². The predicted molar refractivity (Wildman–Crippen MR) is 115 cm³/mol. The van der Waals surface area contributed by atoms with Gasteiger partial charge in [0.05, 0.1) is 25.0 Å². The van der Waals surface area contributed by atoms with Crippen molar-refractivity contribution in [1.82, 2.24) is 19.6 Å². The van der Waals surface area contributed by atoms with Crippen LogP contribution < -0.4 is 4.74 Å². The number of β-amino-alcohol motifs (C(OH)–C–C–N with tert-alkyl or cyclic N) is 1. The second-order valence-corrected chi connectivity index (χ2v) is 7.40. The molecule has 1 amide bonds. The second-order valence-electron chi connectivity index (χ2n) is 7.40. The van der Waals surface area contributed by atoms with Gasteiger partial charge in [0.1, 0.15) is 17.3 Å². The average Bonchev–Trinajstić information content (AvgIpc) is 3.25. The molecule has 0 atom stereocenters. The fraction of sp³-hybridized carbons (Fsp3) is 0.304. The first-order valence-electron chi connectivity index (χ1n) is 10.2. The van der Waals surface area contributed by atoms with Crippen LogP contribution in [0.2, 0.25) is 0 Å². The van der Waals surface area contributed by atoms with E-state index in [0.29, 0.717) is 55.4 Å². The third-order valence-electron chi connectivity index (χ3n) is 5.45. The van der Waals surface area contributed by atoms with Crippen LogP contribution in [0.1, 0.15) is 10.4 Å². The largest absolute Gasteiger partial charge is 0.497 e. The minimum atomic E-state index is -0.332. The van der Waals surface area contributed by atoms with E-state index in [0.717, 1.165) is 5.56 Å². The van der Waals surface area contributed by atoms with Gasteiger partial charge in [0.2, 0.25) is 0 Å². The molecule has 1 N–H and O–H groups in total. The Morgan fingerprint density at radius 2 is 1.87 bits per heavy atom. The SMILES string of the molecule is COc1cccc(-c2nn(-c3ccc(F)cc3)cc2C(=O)N2CCN(CCO)CC2)c1. The van der Waals surface area contributed by atoms with E-state index in [9.17, 15) is 9.18 Å². The van der Waals surface area contributed by atoms with Crippen molar-refractivity contribution in [2.45, 2.75) is 0 Å². The Balaban J connectivity index is 1.69. The van der Waals surface area contributed by atoms with E-state index in [2.05, 4.69) is 10.00 Å². The van der Waals surface area contributed by atoms with Gasteiger partial charge >= 0.3 is 0 Å².